The van der Waals surface area contributed by atoms with Gasteiger partial charge in [0, 0.05) is 4.47 Å². The molecule has 0 spiro atoms. The Morgan fingerprint density at radius 2 is 2.29 bits per heavy atom. The summed E-state index contributed by atoms with van der Waals surface area (Å²) in [6.07, 6.45) is 0. The van der Waals surface area contributed by atoms with E-state index in [4.69, 9.17) is 9.84 Å². The van der Waals surface area contributed by atoms with E-state index in [2.05, 4.69) is 15.9 Å². The predicted octanol–water partition coefficient (Wildman–Crippen LogP) is 2.02. The molecular weight excluding hydrogens is 248 g/mol. The zero-order valence-corrected chi connectivity index (χ0v) is 9.37. The summed E-state index contributed by atoms with van der Waals surface area (Å²) in [5.41, 5.74) is 0.529. The van der Waals surface area contributed by atoms with Crippen LogP contribution in [0.1, 0.15) is 17.3 Å². The summed E-state index contributed by atoms with van der Waals surface area (Å²) in [5, 5.41) is 8.60. The molecule has 1 N–H and O–H groups in total. The number of benzene rings is 1. The number of aliphatic hydroxyl groups is 1. The van der Waals surface area contributed by atoms with Crippen molar-refractivity contribution in [2.45, 2.75) is 6.92 Å². The normalized spacial score (nSPS) is 9.93. The molecule has 0 saturated carbocycles. The van der Waals surface area contributed by atoms with Crippen LogP contribution < -0.4 is 4.74 Å². The summed E-state index contributed by atoms with van der Waals surface area (Å²) >= 11 is 3.28. The SMILES string of the molecule is CC(=O)c1ccc(Br)cc1OCCO. The lowest BCUT2D eigenvalue weighted by molar-refractivity contribution is 0.101. The van der Waals surface area contributed by atoms with Crippen molar-refractivity contribution in [2.24, 2.45) is 0 Å². The molecule has 0 aromatic heterocycles. The van der Waals surface area contributed by atoms with Crippen LogP contribution in [0, 0.1) is 0 Å². The molecule has 0 radical (unpaired) electrons. The van der Waals surface area contributed by atoms with Crippen molar-refractivity contribution in [3.63, 3.8) is 0 Å². The van der Waals surface area contributed by atoms with Gasteiger partial charge in [0.05, 0.1) is 12.2 Å². The average Bonchev–Trinajstić information content (AvgIpc) is 2.14. The lowest BCUT2D eigenvalue weighted by atomic mass is 10.1. The number of carbonyl (C=O) groups excluding carboxylic acids is 1. The van der Waals surface area contributed by atoms with Gasteiger partial charge in [0.25, 0.3) is 0 Å². The minimum absolute atomic E-state index is 0.0505. The molecule has 0 aliphatic heterocycles. The molecule has 0 aliphatic rings. The Morgan fingerprint density at radius 3 is 2.86 bits per heavy atom. The third kappa shape index (κ3) is 2.82. The van der Waals surface area contributed by atoms with E-state index in [0.29, 0.717) is 11.3 Å². The molecule has 0 unspecified atom stereocenters. The van der Waals surface area contributed by atoms with Gasteiger partial charge in [0.2, 0.25) is 0 Å². The fraction of sp³-hybridized carbons (Fsp3) is 0.300. The number of ketones is 1. The van der Waals surface area contributed by atoms with Gasteiger partial charge < -0.3 is 9.84 Å². The van der Waals surface area contributed by atoms with Crippen LogP contribution in [-0.2, 0) is 0 Å². The van der Waals surface area contributed by atoms with E-state index in [1.807, 2.05) is 0 Å². The van der Waals surface area contributed by atoms with Crippen LogP contribution in [0.5, 0.6) is 5.75 Å². The Labute approximate surface area is 90.8 Å². The second kappa shape index (κ2) is 5.12. The number of carbonyl (C=O) groups is 1. The van der Waals surface area contributed by atoms with Crippen LogP contribution in [0.2, 0.25) is 0 Å². The molecule has 0 saturated heterocycles. The minimum atomic E-state index is -0.0656. The van der Waals surface area contributed by atoms with Gasteiger partial charge in [-0.15, -0.1) is 0 Å². The van der Waals surface area contributed by atoms with Crippen molar-refractivity contribution in [1.82, 2.24) is 0 Å². The van der Waals surface area contributed by atoms with Crippen LogP contribution in [0.25, 0.3) is 0 Å². The lowest BCUT2D eigenvalue weighted by Crippen LogP contribution is -2.05. The maximum Gasteiger partial charge on any atom is 0.163 e. The molecule has 1 aromatic rings. The predicted molar refractivity (Wildman–Crippen MR) is 56.7 cm³/mol. The second-order valence-electron chi connectivity index (χ2n) is 2.77. The van der Waals surface area contributed by atoms with Gasteiger partial charge in [-0.1, -0.05) is 15.9 Å². The highest BCUT2D eigenvalue weighted by molar-refractivity contribution is 9.10. The van der Waals surface area contributed by atoms with Gasteiger partial charge in [-0.3, -0.25) is 4.79 Å². The van der Waals surface area contributed by atoms with Crippen LogP contribution in [0.4, 0.5) is 0 Å². The smallest absolute Gasteiger partial charge is 0.163 e. The van der Waals surface area contributed by atoms with E-state index in [0.717, 1.165) is 4.47 Å². The summed E-state index contributed by atoms with van der Waals surface area (Å²) in [4.78, 5) is 11.2. The number of aliphatic hydroxyl groups excluding tert-OH is 1. The maximum absolute atomic E-state index is 11.2. The van der Waals surface area contributed by atoms with Crippen LogP contribution >= 0.6 is 15.9 Å². The fourth-order valence-corrected chi connectivity index (χ4v) is 1.40. The van der Waals surface area contributed by atoms with Gasteiger partial charge in [0.15, 0.2) is 5.78 Å². The summed E-state index contributed by atoms with van der Waals surface area (Å²) in [6.45, 7) is 1.61. The first-order valence-corrected chi connectivity index (χ1v) is 4.98. The molecule has 0 aliphatic carbocycles. The fourth-order valence-electron chi connectivity index (χ4n) is 1.06. The van der Waals surface area contributed by atoms with Crippen molar-refractivity contribution in [3.8, 4) is 5.75 Å². The number of hydrogen-bond acceptors (Lipinski definition) is 3. The monoisotopic (exact) mass is 258 g/mol. The number of ether oxygens (including phenoxy) is 1. The van der Waals surface area contributed by atoms with Crippen molar-refractivity contribution in [2.75, 3.05) is 13.2 Å². The number of halogens is 1. The molecule has 1 rings (SSSR count). The molecule has 0 bridgehead atoms. The summed E-state index contributed by atoms with van der Waals surface area (Å²) in [6, 6.07) is 5.19. The number of rotatable bonds is 4. The highest BCUT2D eigenvalue weighted by Gasteiger charge is 2.08. The Hall–Kier alpha value is -0.870. The Kier molecular flexibility index (Phi) is 4.10. The summed E-state index contributed by atoms with van der Waals surface area (Å²) < 4.78 is 6.07. The summed E-state index contributed by atoms with van der Waals surface area (Å²) in [7, 11) is 0. The van der Waals surface area contributed by atoms with E-state index in [1.165, 1.54) is 6.92 Å². The molecule has 14 heavy (non-hydrogen) atoms. The maximum atomic E-state index is 11.2. The largest absolute Gasteiger partial charge is 0.490 e. The quantitative estimate of drug-likeness (QED) is 0.841. The second-order valence-corrected chi connectivity index (χ2v) is 3.68. The van der Waals surface area contributed by atoms with Gasteiger partial charge >= 0.3 is 0 Å². The van der Waals surface area contributed by atoms with E-state index >= 15 is 0 Å². The standard InChI is InChI=1S/C10H11BrO3/c1-7(13)9-3-2-8(11)6-10(9)14-5-4-12/h2-3,6,12H,4-5H2,1H3. The van der Waals surface area contributed by atoms with Crippen LogP contribution in [0.15, 0.2) is 22.7 Å². The highest BCUT2D eigenvalue weighted by Crippen LogP contribution is 2.24. The van der Waals surface area contributed by atoms with Crippen molar-refractivity contribution < 1.29 is 14.6 Å². The third-order valence-corrected chi connectivity index (χ3v) is 2.17. The van der Waals surface area contributed by atoms with E-state index in [9.17, 15) is 4.79 Å². The van der Waals surface area contributed by atoms with Crippen LogP contribution in [0.3, 0.4) is 0 Å². The van der Waals surface area contributed by atoms with Crippen LogP contribution in [-0.4, -0.2) is 24.1 Å². The minimum Gasteiger partial charge on any atom is -0.490 e. The molecular formula is C10H11BrO3. The van der Waals surface area contributed by atoms with Crippen molar-refractivity contribution in [3.05, 3.63) is 28.2 Å². The molecule has 76 valence electrons. The number of hydrogen-bond donors (Lipinski definition) is 1. The zero-order valence-electron chi connectivity index (χ0n) is 7.79. The van der Waals surface area contributed by atoms with Crippen molar-refractivity contribution in [1.29, 1.82) is 0 Å². The lowest BCUT2D eigenvalue weighted by Gasteiger charge is -2.08. The third-order valence-electron chi connectivity index (χ3n) is 1.67. The first-order valence-electron chi connectivity index (χ1n) is 4.19. The average molecular weight is 259 g/mol. The zero-order chi connectivity index (χ0) is 10.6. The van der Waals surface area contributed by atoms with Gasteiger partial charge in [-0.25, -0.2) is 0 Å². The summed E-state index contributed by atoms with van der Waals surface area (Å²) in [5.74, 6) is 0.450. The topological polar surface area (TPSA) is 46.5 Å². The van der Waals surface area contributed by atoms with Gasteiger partial charge in [-0.05, 0) is 25.1 Å². The highest BCUT2D eigenvalue weighted by atomic mass is 79.9. The number of Topliss-reactive ketones (excluding diaryl/α,β-unsaturated/α-hetero) is 1. The Bertz CT molecular complexity index is 336. The molecule has 1 aromatic carbocycles. The first-order chi connectivity index (χ1) is 6.65. The first kappa shape index (κ1) is 11.2. The van der Waals surface area contributed by atoms with Gasteiger partial charge in [0.1, 0.15) is 12.4 Å². The van der Waals surface area contributed by atoms with E-state index in [-0.39, 0.29) is 19.0 Å². The molecule has 0 amide bonds. The molecule has 3 nitrogen and oxygen atoms in total. The van der Waals surface area contributed by atoms with Crippen molar-refractivity contribution >= 4 is 21.7 Å². The Balaban J connectivity index is 2.97. The Morgan fingerprint density at radius 1 is 1.57 bits per heavy atom. The molecule has 4 heteroatoms. The molecule has 0 atom stereocenters. The van der Waals surface area contributed by atoms with E-state index < -0.39 is 0 Å². The molecule has 0 fully saturated rings. The molecule has 0 heterocycles. The van der Waals surface area contributed by atoms with Gasteiger partial charge in [-0.2, -0.15) is 0 Å². The van der Waals surface area contributed by atoms with E-state index in [1.54, 1.807) is 18.2 Å².